The van der Waals surface area contributed by atoms with Crippen LogP contribution in [0.2, 0.25) is 0 Å². The fourth-order valence-electron chi connectivity index (χ4n) is 3.95. The van der Waals surface area contributed by atoms with Crippen molar-refractivity contribution in [2.24, 2.45) is 0 Å². The molecule has 0 fully saturated rings. The molecule has 3 aromatic heterocycles. The number of rotatable bonds is 6. The van der Waals surface area contributed by atoms with Crippen LogP contribution in [0.5, 0.6) is 0 Å². The molecule has 162 valence electrons. The van der Waals surface area contributed by atoms with Crippen molar-refractivity contribution >= 4 is 23.2 Å². The van der Waals surface area contributed by atoms with E-state index < -0.39 is 6.04 Å². The highest BCUT2D eigenvalue weighted by atomic mass is 32.1. The quantitative estimate of drug-likeness (QED) is 0.641. The molecular formula is C23H27N5O2S. The normalized spacial score (nSPS) is 14.2. The SMILES string of the molecule is CCCC(NC(=O)c1ccc(-n2nc(C)cc2C)nc1)C(=O)N1CCc2sccc2C1. The number of pyridine rings is 1. The first-order chi connectivity index (χ1) is 15.0. The van der Waals surface area contributed by atoms with Crippen molar-refractivity contribution in [1.82, 2.24) is 25.0 Å². The zero-order valence-electron chi connectivity index (χ0n) is 18.1. The minimum Gasteiger partial charge on any atom is -0.340 e. The summed E-state index contributed by atoms with van der Waals surface area (Å²) in [6.07, 6.45) is 3.83. The van der Waals surface area contributed by atoms with Crippen LogP contribution in [0.25, 0.3) is 5.82 Å². The van der Waals surface area contributed by atoms with Crippen LogP contribution >= 0.6 is 11.3 Å². The average molecular weight is 438 g/mol. The fraction of sp³-hybridized carbons (Fsp3) is 0.391. The van der Waals surface area contributed by atoms with Gasteiger partial charge in [-0.2, -0.15) is 5.10 Å². The van der Waals surface area contributed by atoms with Gasteiger partial charge in [0.2, 0.25) is 5.91 Å². The molecule has 1 N–H and O–H groups in total. The average Bonchev–Trinajstić information content (AvgIpc) is 3.37. The molecule has 0 radical (unpaired) electrons. The summed E-state index contributed by atoms with van der Waals surface area (Å²) in [5, 5.41) is 9.43. The number of aryl methyl sites for hydroxylation is 2. The third-order valence-electron chi connectivity index (χ3n) is 5.54. The Balaban J connectivity index is 1.45. The van der Waals surface area contributed by atoms with Crippen molar-refractivity contribution in [2.75, 3.05) is 6.54 Å². The van der Waals surface area contributed by atoms with E-state index >= 15 is 0 Å². The largest absolute Gasteiger partial charge is 0.340 e. The molecule has 31 heavy (non-hydrogen) atoms. The summed E-state index contributed by atoms with van der Waals surface area (Å²) in [5.74, 6) is 0.356. The van der Waals surface area contributed by atoms with E-state index in [-0.39, 0.29) is 11.8 Å². The number of amides is 2. The summed E-state index contributed by atoms with van der Waals surface area (Å²) in [7, 11) is 0. The molecule has 8 heteroatoms. The van der Waals surface area contributed by atoms with Gasteiger partial charge in [-0.3, -0.25) is 9.59 Å². The van der Waals surface area contributed by atoms with Crippen molar-refractivity contribution < 1.29 is 9.59 Å². The Labute approximate surface area is 186 Å². The van der Waals surface area contributed by atoms with Crippen molar-refractivity contribution in [1.29, 1.82) is 0 Å². The third-order valence-corrected chi connectivity index (χ3v) is 6.56. The number of nitrogens with one attached hydrogen (secondary N) is 1. The zero-order chi connectivity index (χ0) is 22.0. The number of carbonyl (C=O) groups excluding carboxylic acids is 2. The molecule has 0 spiro atoms. The molecule has 2 amide bonds. The lowest BCUT2D eigenvalue weighted by Gasteiger charge is -2.31. The summed E-state index contributed by atoms with van der Waals surface area (Å²) in [6.45, 7) is 7.22. The molecule has 1 unspecified atom stereocenters. The molecule has 1 aliphatic heterocycles. The minimum absolute atomic E-state index is 0.0146. The number of hydrogen-bond acceptors (Lipinski definition) is 5. The van der Waals surface area contributed by atoms with Crippen LogP contribution in [0.1, 0.15) is 52.0 Å². The highest BCUT2D eigenvalue weighted by molar-refractivity contribution is 7.10. The summed E-state index contributed by atoms with van der Waals surface area (Å²) >= 11 is 1.75. The van der Waals surface area contributed by atoms with Gasteiger partial charge in [-0.15, -0.1) is 11.3 Å². The number of carbonyl (C=O) groups is 2. The van der Waals surface area contributed by atoms with Crippen LogP contribution in [-0.4, -0.2) is 44.1 Å². The van der Waals surface area contributed by atoms with Crippen LogP contribution in [0.3, 0.4) is 0 Å². The van der Waals surface area contributed by atoms with Gasteiger partial charge in [-0.1, -0.05) is 13.3 Å². The summed E-state index contributed by atoms with van der Waals surface area (Å²) in [4.78, 5) is 33.6. The van der Waals surface area contributed by atoms with Crippen LogP contribution in [0, 0.1) is 13.8 Å². The Morgan fingerprint density at radius 1 is 1.26 bits per heavy atom. The number of nitrogens with zero attached hydrogens (tertiary/aromatic N) is 4. The topological polar surface area (TPSA) is 80.1 Å². The Bertz CT molecular complexity index is 1090. The van der Waals surface area contributed by atoms with Gasteiger partial charge in [0.15, 0.2) is 5.82 Å². The predicted octanol–water partition coefficient (Wildman–Crippen LogP) is 3.43. The monoisotopic (exact) mass is 437 g/mol. The minimum atomic E-state index is -0.534. The Morgan fingerprint density at radius 3 is 2.77 bits per heavy atom. The van der Waals surface area contributed by atoms with Gasteiger partial charge < -0.3 is 10.2 Å². The van der Waals surface area contributed by atoms with Crippen LogP contribution < -0.4 is 5.32 Å². The maximum absolute atomic E-state index is 13.2. The fourth-order valence-corrected chi connectivity index (χ4v) is 4.84. The molecular weight excluding hydrogens is 410 g/mol. The summed E-state index contributed by atoms with van der Waals surface area (Å²) < 4.78 is 1.75. The van der Waals surface area contributed by atoms with E-state index in [2.05, 4.69) is 26.8 Å². The first kappa shape index (κ1) is 21.2. The number of thiophene rings is 1. The first-order valence-electron chi connectivity index (χ1n) is 10.6. The van der Waals surface area contributed by atoms with Crippen LogP contribution in [-0.2, 0) is 17.8 Å². The second-order valence-electron chi connectivity index (χ2n) is 7.94. The Kier molecular flexibility index (Phi) is 6.18. The highest BCUT2D eigenvalue weighted by Gasteiger charge is 2.28. The summed E-state index contributed by atoms with van der Waals surface area (Å²) in [5.41, 5.74) is 3.54. The van der Waals surface area contributed by atoms with Crippen molar-refractivity contribution in [3.63, 3.8) is 0 Å². The second-order valence-corrected chi connectivity index (χ2v) is 8.94. The lowest BCUT2D eigenvalue weighted by Crippen LogP contribution is -2.49. The standard InChI is InChI=1S/C23H27N5O2S/c1-4-5-19(23(30)27-10-8-20-18(14-27)9-11-31-20)25-22(29)17-6-7-21(24-13-17)28-16(3)12-15(2)26-28/h6-7,9,11-13,19H,4-5,8,10,14H2,1-3H3,(H,25,29). The summed E-state index contributed by atoms with van der Waals surface area (Å²) in [6, 6.07) is 7.02. The first-order valence-corrected chi connectivity index (χ1v) is 11.5. The zero-order valence-corrected chi connectivity index (χ0v) is 18.9. The lowest BCUT2D eigenvalue weighted by molar-refractivity contribution is -0.134. The van der Waals surface area contributed by atoms with Crippen LogP contribution in [0.4, 0.5) is 0 Å². The Hall–Kier alpha value is -3.00. The van der Waals surface area contributed by atoms with Gasteiger partial charge in [0.05, 0.1) is 11.3 Å². The van der Waals surface area contributed by atoms with E-state index in [1.54, 1.807) is 28.2 Å². The van der Waals surface area contributed by atoms with Gasteiger partial charge in [0.25, 0.3) is 5.91 Å². The highest BCUT2D eigenvalue weighted by Crippen LogP contribution is 2.24. The molecule has 3 aromatic rings. The molecule has 0 aliphatic carbocycles. The molecule has 0 saturated carbocycles. The lowest BCUT2D eigenvalue weighted by atomic mass is 10.1. The van der Waals surface area contributed by atoms with E-state index in [1.807, 2.05) is 31.7 Å². The van der Waals surface area contributed by atoms with Crippen molar-refractivity contribution in [3.8, 4) is 5.82 Å². The third kappa shape index (κ3) is 4.54. The molecule has 7 nitrogen and oxygen atoms in total. The number of fused-ring (bicyclic) bond motifs is 1. The van der Waals surface area contributed by atoms with Gasteiger partial charge in [-0.25, -0.2) is 9.67 Å². The molecule has 0 saturated heterocycles. The molecule has 0 bridgehead atoms. The van der Waals surface area contributed by atoms with Gasteiger partial charge in [0.1, 0.15) is 6.04 Å². The predicted molar refractivity (Wildman–Crippen MR) is 120 cm³/mol. The van der Waals surface area contributed by atoms with Crippen molar-refractivity contribution in [3.05, 3.63) is 63.2 Å². The second kappa shape index (κ2) is 9.01. The number of aromatic nitrogens is 3. The van der Waals surface area contributed by atoms with Crippen LogP contribution in [0.15, 0.2) is 35.8 Å². The van der Waals surface area contributed by atoms with Gasteiger partial charge >= 0.3 is 0 Å². The number of hydrogen-bond donors (Lipinski definition) is 1. The molecule has 4 rings (SSSR count). The molecule has 1 aliphatic rings. The smallest absolute Gasteiger partial charge is 0.253 e. The van der Waals surface area contributed by atoms with Gasteiger partial charge in [-0.05, 0) is 61.9 Å². The van der Waals surface area contributed by atoms with Crippen molar-refractivity contribution in [2.45, 2.75) is 52.6 Å². The Morgan fingerprint density at radius 2 is 2.10 bits per heavy atom. The molecule has 1 atom stereocenters. The van der Waals surface area contributed by atoms with Gasteiger partial charge in [0, 0.05) is 29.9 Å². The maximum atomic E-state index is 13.2. The molecule has 4 heterocycles. The van der Waals surface area contributed by atoms with E-state index in [4.69, 9.17) is 0 Å². The van der Waals surface area contributed by atoms with E-state index in [1.165, 1.54) is 16.6 Å². The van der Waals surface area contributed by atoms with E-state index in [9.17, 15) is 9.59 Å². The van der Waals surface area contributed by atoms with E-state index in [0.29, 0.717) is 30.9 Å². The van der Waals surface area contributed by atoms with E-state index in [0.717, 1.165) is 24.2 Å². The molecule has 0 aromatic carbocycles. The maximum Gasteiger partial charge on any atom is 0.253 e.